The molecular formula is C21H24BrN5O2S. The minimum atomic E-state index is -0.151. The third-order valence-corrected chi connectivity index (χ3v) is 5.76. The van der Waals surface area contributed by atoms with Crippen molar-refractivity contribution >= 4 is 39.3 Å². The summed E-state index contributed by atoms with van der Waals surface area (Å²) in [5.74, 6) is 7.28. The Balaban J connectivity index is 1.51. The van der Waals surface area contributed by atoms with E-state index in [1.54, 1.807) is 0 Å². The molecule has 3 N–H and O–H groups in total. The second kappa shape index (κ2) is 9.53. The average molecular weight is 490 g/mol. The Morgan fingerprint density at radius 1 is 1.13 bits per heavy atom. The van der Waals surface area contributed by atoms with E-state index in [1.165, 1.54) is 22.0 Å². The van der Waals surface area contributed by atoms with Gasteiger partial charge in [0.25, 0.3) is 0 Å². The van der Waals surface area contributed by atoms with Crippen LogP contribution in [-0.2, 0) is 16.8 Å². The SMILES string of the molecule is CC(C)(C)c1ccc(OCc2nnc(SCC(=O)Nc3ccc(Br)cc3)n2N)cc1. The molecule has 0 bridgehead atoms. The van der Waals surface area contributed by atoms with E-state index >= 15 is 0 Å². The number of ether oxygens (including phenoxy) is 1. The van der Waals surface area contributed by atoms with E-state index < -0.39 is 0 Å². The maximum absolute atomic E-state index is 12.1. The standard InChI is InChI=1S/C21H24BrN5O2S/c1-21(2,3)14-4-10-17(11-5-14)29-12-18-25-26-20(27(18)23)30-13-19(28)24-16-8-6-15(22)7-9-16/h4-11H,12-13,23H2,1-3H3,(H,24,28). The summed E-state index contributed by atoms with van der Waals surface area (Å²) < 4.78 is 8.07. The Labute approximate surface area is 188 Å². The first-order chi connectivity index (χ1) is 14.2. The number of nitrogens with two attached hydrogens (primary N) is 1. The van der Waals surface area contributed by atoms with E-state index in [2.05, 4.69) is 52.2 Å². The molecule has 0 atom stereocenters. The van der Waals surface area contributed by atoms with Crippen molar-refractivity contribution in [1.82, 2.24) is 14.9 Å². The number of hydrogen-bond acceptors (Lipinski definition) is 6. The highest BCUT2D eigenvalue weighted by molar-refractivity contribution is 9.10. The largest absolute Gasteiger partial charge is 0.486 e. The van der Waals surface area contributed by atoms with Gasteiger partial charge in [0.05, 0.1) is 5.75 Å². The predicted molar refractivity (Wildman–Crippen MR) is 123 cm³/mol. The number of anilines is 1. The van der Waals surface area contributed by atoms with Crippen LogP contribution in [0.2, 0.25) is 0 Å². The highest BCUT2D eigenvalue weighted by atomic mass is 79.9. The van der Waals surface area contributed by atoms with Crippen LogP contribution >= 0.6 is 27.7 Å². The summed E-state index contributed by atoms with van der Waals surface area (Å²) in [5.41, 5.74) is 2.05. The fourth-order valence-corrected chi connectivity index (χ4v) is 3.50. The van der Waals surface area contributed by atoms with Gasteiger partial charge in [-0.15, -0.1) is 10.2 Å². The molecule has 0 saturated heterocycles. The summed E-state index contributed by atoms with van der Waals surface area (Å²) in [6.45, 7) is 6.68. The quantitative estimate of drug-likeness (QED) is 0.378. The topological polar surface area (TPSA) is 95.1 Å². The van der Waals surface area contributed by atoms with Gasteiger partial charge in [-0.2, -0.15) is 0 Å². The molecule has 1 amide bonds. The minimum Gasteiger partial charge on any atom is -0.486 e. The molecule has 158 valence electrons. The van der Waals surface area contributed by atoms with Crippen LogP contribution in [0.5, 0.6) is 5.75 Å². The Hall–Kier alpha value is -2.52. The fourth-order valence-electron chi connectivity index (χ4n) is 2.56. The Kier molecular flexibility index (Phi) is 7.04. The monoisotopic (exact) mass is 489 g/mol. The van der Waals surface area contributed by atoms with Gasteiger partial charge in [0.1, 0.15) is 12.4 Å². The zero-order chi connectivity index (χ0) is 21.7. The van der Waals surface area contributed by atoms with Gasteiger partial charge in [0.15, 0.2) is 5.82 Å². The first-order valence-corrected chi connectivity index (χ1v) is 11.1. The molecular weight excluding hydrogens is 466 g/mol. The summed E-state index contributed by atoms with van der Waals surface area (Å²) in [6.07, 6.45) is 0. The third kappa shape index (κ3) is 5.99. The molecule has 0 saturated carbocycles. The van der Waals surface area contributed by atoms with E-state index in [0.717, 1.165) is 15.9 Å². The van der Waals surface area contributed by atoms with E-state index in [0.29, 0.717) is 11.0 Å². The smallest absolute Gasteiger partial charge is 0.234 e. The molecule has 3 aromatic rings. The van der Waals surface area contributed by atoms with Crippen LogP contribution in [0.25, 0.3) is 0 Å². The number of rotatable bonds is 7. The lowest BCUT2D eigenvalue weighted by Crippen LogP contribution is -2.18. The minimum absolute atomic E-state index is 0.0890. The molecule has 0 aliphatic heterocycles. The van der Waals surface area contributed by atoms with Crippen molar-refractivity contribution in [2.75, 3.05) is 16.9 Å². The van der Waals surface area contributed by atoms with Crippen molar-refractivity contribution in [2.24, 2.45) is 0 Å². The number of nitrogens with zero attached hydrogens (tertiary/aromatic N) is 3. The maximum Gasteiger partial charge on any atom is 0.234 e. The Morgan fingerprint density at radius 2 is 1.80 bits per heavy atom. The van der Waals surface area contributed by atoms with Gasteiger partial charge in [0.2, 0.25) is 11.1 Å². The molecule has 0 radical (unpaired) electrons. The van der Waals surface area contributed by atoms with E-state index in [1.807, 2.05) is 48.5 Å². The van der Waals surface area contributed by atoms with Crippen molar-refractivity contribution in [3.8, 4) is 5.75 Å². The maximum atomic E-state index is 12.1. The van der Waals surface area contributed by atoms with Crippen molar-refractivity contribution < 1.29 is 9.53 Å². The van der Waals surface area contributed by atoms with Crippen LogP contribution < -0.4 is 15.9 Å². The lowest BCUT2D eigenvalue weighted by atomic mass is 9.87. The van der Waals surface area contributed by atoms with Crippen LogP contribution in [0.15, 0.2) is 58.2 Å². The normalized spacial score (nSPS) is 11.3. The zero-order valence-corrected chi connectivity index (χ0v) is 19.5. The fraction of sp³-hybridized carbons (Fsp3) is 0.286. The Bertz CT molecular complexity index is 998. The number of carbonyl (C=O) groups is 1. The second-order valence-corrected chi connectivity index (χ2v) is 9.53. The molecule has 7 nitrogen and oxygen atoms in total. The molecule has 1 aromatic heterocycles. The van der Waals surface area contributed by atoms with Crippen molar-refractivity contribution in [3.05, 3.63) is 64.4 Å². The molecule has 0 aliphatic carbocycles. The van der Waals surface area contributed by atoms with Gasteiger partial charge in [-0.25, -0.2) is 4.68 Å². The summed E-state index contributed by atoms with van der Waals surface area (Å²) in [6, 6.07) is 15.3. The average Bonchev–Trinajstić information content (AvgIpc) is 3.06. The zero-order valence-electron chi connectivity index (χ0n) is 17.1. The number of hydrogen-bond donors (Lipinski definition) is 2. The van der Waals surface area contributed by atoms with E-state index in [4.69, 9.17) is 10.6 Å². The second-order valence-electron chi connectivity index (χ2n) is 7.68. The van der Waals surface area contributed by atoms with Crippen molar-refractivity contribution in [1.29, 1.82) is 0 Å². The number of benzene rings is 2. The van der Waals surface area contributed by atoms with Crippen molar-refractivity contribution in [3.63, 3.8) is 0 Å². The van der Waals surface area contributed by atoms with E-state index in [-0.39, 0.29) is 23.7 Å². The lowest BCUT2D eigenvalue weighted by molar-refractivity contribution is -0.113. The summed E-state index contributed by atoms with van der Waals surface area (Å²) in [7, 11) is 0. The van der Waals surface area contributed by atoms with Gasteiger partial charge in [-0.1, -0.05) is 60.6 Å². The van der Waals surface area contributed by atoms with Gasteiger partial charge < -0.3 is 15.9 Å². The van der Waals surface area contributed by atoms with Crippen LogP contribution in [0.1, 0.15) is 32.2 Å². The predicted octanol–water partition coefficient (Wildman–Crippen LogP) is 4.36. The molecule has 2 aromatic carbocycles. The number of aromatic nitrogens is 3. The number of nitrogen functional groups attached to an aromatic ring is 1. The van der Waals surface area contributed by atoms with Gasteiger partial charge in [-0.05, 0) is 47.4 Å². The molecule has 9 heteroatoms. The molecule has 0 aliphatic rings. The highest BCUT2D eigenvalue weighted by Crippen LogP contribution is 2.24. The summed E-state index contributed by atoms with van der Waals surface area (Å²) in [5, 5.41) is 11.4. The molecule has 0 unspecified atom stereocenters. The first-order valence-electron chi connectivity index (χ1n) is 9.33. The molecule has 1 heterocycles. The van der Waals surface area contributed by atoms with Crippen LogP contribution in [0.4, 0.5) is 5.69 Å². The number of nitrogens with one attached hydrogen (secondary N) is 1. The van der Waals surface area contributed by atoms with Crippen LogP contribution in [0.3, 0.4) is 0 Å². The molecule has 30 heavy (non-hydrogen) atoms. The van der Waals surface area contributed by atoms with Crippen LogP contribution in [-0.4, -0.2) is 26.5 Å². The van der Waals surface area contributed by atoms with Gasteiger partial charge in [-0.3, -0.25) is 4.79 Å². The van der Waals surface area contributed by atoms with Crippen molar-refractivity contribution in [2.45, 2.75) is 37.9 Å². The first kappa shape index (κ1) is 22.2. The summed E-state index contributed by atoms with van der Waals surface area (Å²) >= 11 is 4.57. The van der Waals surface area contributed by atoms with Crippen LogP contribution in [0, 0.1) is 0 Å². The van der Waals surface area contributed by atoms with Gasteiger partial charge >= 0.3 is 0 Å². The number of halogens is 1. The summed E-state index contributed by atoms with van der Waals surface area (Å²) in [4.78, 5) is 12.1. The highest BCUT2D eigenvalue weighted by Gasteiger charge is 2.15. The number of carbonyl (C=O) groups excluding carboxylic acids is 1. The number of amides is 1. The van der Waals surface area contributed by atoms with E-state index in [9.17, 15) is 4.79 Å². The number of thioether (sulfide) groups is 1. The Morgan fingerprint density at radius 3 is 2.43 bits per heavy atom. The third-order valence-electron chi connectivity index (χ3n) is 4.28. The molecule has 0 spiro atoms. The lowest BCUT2D eigenvalue weighted by Gasteiger charge is -2.19. The molecule has 3 rings (SSSR count). The van der Waals surface area contributed by atoms with Gasteiger partial charge in [0, 0.05) is 10.2 Å². The molecule has 0 fully saturated rings.